The van der Waals surface area contributed by atoms with Crippen LogP contribution >= 0.6 is 0 Å². The monoisotopic (exact) mass is 542 g/mol. The highest BCUT2D eigenvalue weighted by atomic mass is 16.7. The number of benzene rings is 2. The van der Waals surface area contributed by atoms with Crippen LogP contribution < -0.4 is 29.7 Å². The summed E-state index contributed by atoms with van der Waals surface area (Å²) in [4.78, 5) is 53.5. The van der Waals surface area contributed by atoms with E-state index < -0.39 is 11.9 Å². The van der Waals surface area contributed by atoms with Gasteiger partial charge in [-0.15, -0.1) is 0 Å². The molecule has 0 radical (unpaired) electrons. The van der Waals surface area contributed by atoms with Crippen molar-refractivity contribution in [3.05, 3.63) is 64.1 Å². The molecule has 5 rings (SSSR count). The van der Waals surface area contributed by atoms with Gasteiger partial charge in [0.25, 0.3) is 0 Å². The minimum absolute atomic E-state index is 0. The largest absolute Gasteiger partial charge is 0.466 e. The summed E-state index contributed by atoms with van der Waals surface area (Å²) in [5, 5.41) is 3.50. The summed E-state index contributed by atoms with van der Waals surface area (Å²) in [7, 11) is 2.59. The minimum atomic E-state index is -0.606. The number of carbonyl (C=O) groups is 2. The molecule has 2 N–H and O–H groups in total. The smallest absolute Gasteiger partial charge is 0.373 e. The third-order valence-corrected chi connectivity index (χ3v) is 5.01. The summed E-state index contributed by atoms with van der Waals surface area (Å²) in [6, 6.07) is 10.0. The second kappa shape index (κ2) is 13.9. The molecule has 206 valence electrons. The van der Waals surface area contributed by atoms with E-state index in [4.69, 9.17) is 28.5 Å². The zero-order chi connectivity index (χ0) is 27.7. The second-order valence-electron chi connectivity index (χ2n) is 7.36. The number of anilines is 1. The number of methoxy groups -OCH3 is 2. The molecule has 2 aliphatic rings. The number of hydrogen-bond donors (Lipinski definition) is 2. The van der Waals surface area contributed by atoms with Crippen LogP contribution in [0.4, 0.5) is 5.69 Å². The van der Waals surface area contributed by atoms with Gasteiger partial charge in [0.1, 0.15) is 5.69 Å². The van der Waals surface area contributed by atoms with E-state index in [2.05, 4.69) is 19.8 Å². The lowest BCUT2D eigenvalue weighted by atomic mass is 10.1. The van der Waals surface area contributed by atoms with E-state index in [0.717, 1.165) is 5.69 Å². The van der Waals surface area contributed by atoms with E-state index in [-0.39, 0.29) is 38.3 Å². The van der Waals surface area contributed by atoms with Gasteiger partial charge < -0.3 is 38.7 Å². The van der Waals surface area contributed by atoms with Crippen LogP contribution in [0.3, 0.4) is 0 Å². The maximum absolute atomic E-state index is 11.9. The molecule has 3 aromatic rings. The lowest BCUT2D eigenvalue weighted by Crippen LogP contribution is -2.11. The van der Waals surface area contributed by atoms with Crippen LogP contribution in [0.2, 0.25) is 0 Å². The highest BCUT2D eigenvalue weighted by Gasteiger charge is 2.20. The Hall–Kier alpha value is -5.29. The molecule has 0 fully saturated rings. The van der Waals surface area contributed by atoms with E-state index in [0.29, 0.717) is 39.6 Å². The van der Waals surface area contributed by atoms with Gasteiger partial charge in [0.2, 0.25) is 13.6 Å². The topological polar surface area (TPSA) is 169 Å². The maximum atomic E-state index is 11.9. The molecule has 3 heterocycles. The van der Waals surface area contributed by atoms with Crippen molar-refractivity contribution in [2.45, 2.75) is 14.4 Å². The van der Waals surface area contributed by atoms with Crippen molar-refractivity contribution >= 4 is 34.7 Å². The predicted octanol–water partition coefficient (Wildman–Crippen LogP) is 3.00. The summed E-state index contributed by atoms with van der Waals surface area (Å²) < 4.78 is 30.2. The zero-order valence-electron chi connectivity index (χ0n) is 20.4. The summed E-state index contributed by atoms with van der Waals surface area (Å²) in [5.41, 5.74) is 1.68. The third-order valence-electron chi connectivity index (χ3n) is 5.01. The van der Waals surface area contributed by atoms with E-state index in [1.165, 1.54) is 26.4 Å². The maximum Gasteiger partial charge on any atom is 0.373 e. The second-order valence-corrected chi connectivity index (χ2v) is 7.36. The Morgan fingerprint density at radius 3 is 2.26 bits per heavy atom. The van der Waals surface area contributed by atoms with Gasteiger partial charge >= 0.3 is 18.1 Å². The third kappa shape index (κ3) is 7.14. The van der Waals surface area contributed by atoms with Gasteiger partial charge in [-0.2, -0.15) is 9.59 Å². The van der Waals surface area contributed by atoms with Crippen molar-refractivity contribution in [1.29, 1.82) is 0 Å². The quantitative estimate of drug-likeness (QED) is 0.366. The summed E-state index contributed by atoms with van der Waals surface area (Å²) in [6.07, 6.45) is 1.62. The number of para-hydroxylation sites is 1. The molecule has 0 aliphatic carbocycles. The van der Waals surface area contributed by atoms with Gasteiger partial charge in [0, 0.05) is 23.2 Å². The first-order chi connectivity index (χ1) is 18.3. The summed E-state index contributed by atoms with van der Waals surface area (Å²) >= 11 is 0. The van der Waals surface area contributed by atoms with E-state index in [1.807, 2.05) is 18.2 Å². The molecule has 2 aliphatic heterocycles. The number of pyridine rings is 1. The highest BCUT2D eigenvalue weighted by molar-refractivity contribution is 5.93. The highest BCUT2D eigenvalue weighted by Crippen LogP contribution is 2.39. The van der Waals surface area contributed by atoms with Crippen molar-refractivity contribution in [3.63, 3.8) is 0 Å². The first-order valence-corrected chi connectivity index (χ1v) is 10.8. The Kier molecular flexibility index (Phi) is 10.6. The molecule has 0 saturated carbocycles. The van der Waals surface area contributed by atoms with E-state index in [9.17, 15) is 14.4 Å². The van der Waals surface area contributed by atoms with Crippen LogP contribution in [0.25, 0.3) is 10.9 Å². The Balaban J connectivity index is 0.000000243. The lowest BCUT2D eigenvalue weighted by Gasteiger charge is -2.08. The standard InChI is InChI=1S/C12H9NO5.C12H13NO4.CO2.CH4/c1-16-12(15)7-4-8(14)6-2-3-9-11(10(6)13-7)18-5-17-9;1-8(6-11(14)15-2)13-9-4-3-5-10-12(9)17-7-16-10;2-1-3;/h2-4H,5H2,1H3,(H,13,14);3-6,13H,7H2,1-2H3;;1H4/b;8-6+;;. The number of allylic oxidation sites excluding steroid dienone is 1. The van der Waals surface area contributed by atoms with Crippen LogP contribution in [0.15, 0.2) is 53.0 Å². The molecule has 0 spiro atoms. The fourth-order valence-corrected chi connectivity index (χ4v) is 3.41. The van der Waals surface area contributed by atoms with Gasteiger partial charge in [-0.1, -0.05) is 13.5 Å². The van der Waals surface area contributed by atoms with Gasteiger partial charge in [-0.25, -0.2) is 9.59 Å². The lowest BCUT2D eigenvalue weighted by molar-refractivity contribution is -0.191. The van der Waals surface area contributed by atoms with Crippen LogP contribution in [0.1, 0.15) is 24.8 Å². The molecule has 0 saturated heterocycles. The normalized spacial score (nSPS) is 11.9. The molecule has 0 atom stereocenters. The number of nitrogens with one attached hydrogen (secondary N) is 2. The zero-order valence-corrected chi connectivity index (χ0v) is 20.4. The van der Waals surface area contributed by atoms with Crippen molar-refractivity contribution < 1.29 is 47.6 Å². The first kappa shape index (κ1) is 29.9. The first-order valence-electron chi connectivity index (χ1n) is 10.8. The Morgan fingerprint density at radius 2 is 1.62 bits per heavy atom. The van der Waals surface area contributed by atoms with Gasteiger partial charge in [-0.3, -0.25) is 4.79 Å². The number of hydrogen-bond acceptors (Lipinski definition) is 12. The number of carbonyl (C=O) groups excluding carboxylic acids is 4. The molecule has 0 bridgehead atoms. The van der Waals surface area contributed by atoms with Crippen molar-refractivity contribution in [3.8, 4) is 23.0 Å². The molecule has 13 heteroatoms. The fraction of sp³-hybridized carbons (Fsp3) is 0.231. The van der Waals surface area contributed by atoms with E-state index in [1.54, 1.807) is 19.1 Å². The summed E-state index contributed by atoms with van der Waals surface area (Å²) in [6.45, 7) is 2.08. The van der Waals surface area contributed by atoms with Crippen LogP contribution in [0, 0.1) is 0 Å². The molecule has 1 aromatic heterocycles. The SMILES string of the molecule is C.COC(=O)/C=C(\C)Nc1cccc2c1OCO2.COC(=O)c1cc(=O)c2ccc3c(c2[nH]1)OCO3.O=C=O. The van der Waals surface area contributed by atoms with Crippen LogP contribution in [-0.2, 0) is 23.9 Å². The fourth-order valence-electron chi connectivity index (χ4n) is 3.41. The number of aromatic amines is 1. The van der Waals surface area contributed by atoms with Gasteiger partial charge in [0.05, 0.1) is 25.4 Å². The predicted molar refractivity (Wildman–Crippen MR) is 136 cm³/mol. The van der Waals surface area contributed by atoms with Crippen molar-refractivity contribution in [1.82, 2.24) is 4.98 Å². The van der Waals surface area contributed by atoms with Crippen molar-refractivity contribution in [2.75, 3.05) is 33.1 Å². The number of fused-ring (bicyclic) bond motifs is 4. The number of aromatic nitrogens is 1. The van der Waals surface area contributed by atoms with Crippen LogP contribution in [0.5, 0.6) is 23.0 Å². The number of ether oxygens (including phenoxy) is 6. The molecular formula is C26H26N2O11. The van der Waals surface area contributed by atoms with Crippen molar-refractivity contribution in [2.24, 2.45) is 0 Å². The molecule has 0 amide bonds. The molecule has 2 aromatic carbocycles. The molecule has 0 unspecified atom stereocenters. The average Bonchev–Trinajstić information content (AvgIpc) is 3.59. The Labute approximate surface area is 222 Å². The Morgan fingerprint density at radius 1 is 0.974 bits per heavy atom. The van der Waals surface area contributed by atoms with Gasteiger partial charge in [0.15, 0.2) is 28.4 Å². The minimum Gasteiger partial charge on any atom is -0.466 e. The van der Waals surface area contributed by atoms with Crippen LogP contribution in [-0.4, -0.2) is 50.9 Å². The number of H-pyrrole nitrogens is 1. The molecule has 39 heavy (non-hydrogen) atoms. The average molecular weight is 542 g/mol. The molecule has 13 nitrogen and oxygen atoms in total. The van der Waals surface area contributed by atoms with Gasteiger partial charge in [-0.05, 0) is 31.2 Å². The Bertz CT molecular complexity index is 1470. The molecular weight excluding hydrogens is 516 g/mol. The number of esters is 2. The van der Waals surface area contributed by atoms with E-state index >= 15 is 0 Å². The number of rotatable bonds is 4. The summed E-state index contributed by atoms with van der Waals surface area (Å²) in [5.74, 6) is 1.33.